The Morgan fingerprint density at radius 1 is 1.50 bits per heavy atom. The molecule has 2 heterocycles. The molecular weight excluding hydrogens is 246 g/mol. The van der Waals surface area contributed by atoms with Crippen LogP contribution in [0.5, 0.6) is 0 Å². The van der Waals surface area contributed by atoms with Gasteiger partial charge in [0.2, 0.25) is 0 Å². The molecule has 88 valence electrons. The van der Waals surface area contributed by atoms with Crippen molar-refractivity contribution in [3.63, 3.8) is 0 Å². The topological polar surface area (TPSA) is 57.6 Å². The zero-order valence-corrected chi connectivity index (χ0v) is 10.7. The molecule has 0 atom stereocenters. The minimum absolute atomic E-state index is 0.196. The monoisotopic (exact) mass is 259 g/mol. The number of rotatable bonds is 2. The minimum atomic E-state index is -3.48. The fourth-order valence-electron chi connectivity index (χ4n) is 1.83. The summed E-state index contributed by atoms with van der Waals surface area (Å²) in [4.78, 5) is 0. The van der Waals surface area contributed by atoms with Crippen LogP contribution in [0.15, 0.2) is 21.4 Å². The Labute approximate surface area is 98.9 Å². The van der Waals surface area contributed by atoms with Gasteiger partial charge in [-0.25, -0.2) is 8.42 Å². The summed E-state index contributed by atoms with van der Waals surface area (Å²) in [6, 6.07) is 1.56. The number of aliphatic hydroxyl groups is 1. The second-order valence-corrected chi connectivity index (χ2v) is 6.78. The van der Waals surface area contributed by atoms with Crippen molar-refractivity contribution in [3.05, 3.63) is 22.7 Å². The third-order valence-corrected chi connectivity index (χ3v) is 5.91. The van der Waals surface area contributed by atoms with Gasteiger partial charge >= 0.3 is 0 Å². The first-order valence-electron chi connectivity index (χ1n) is 4.92. The van der Waals surface area contributed by atoms with E-state index in [1.807, 2.05) is 0 Å². The normalized spacial score (nSPS) is 18.5. The van der Waals surface area contributed by atoms with E-state index in [2.05, 4.69) is 0 Å². The van der Waals surface area contributed by atoms with Gasteiger partial charge in [0.25, 0.3) is 10.0 Å². The highest BCUT2D eigenvalue weighted by atomic mass is 32.2. The third kappa shape index (κ3) is 1.57. The lowest BCUT2D eigenvalue weighted by atomic mass is 10.2. The second kappa shape index (κ2) is 3.87. The summed E-state index contributed by atoms with van der Waals surface area (Å²) in [5, 5.41) is 11.0. The number of aliphatic hydroxyl groups excluding tert-OH is 1. The Morgan fingerprint density at radius 3 is 2.75 bits per heavy atom. The first-order chi connectivity index (χ1) is 7.48. The summed E-state index contributed by atoms with van der Waals surface area (Å²) in [5.74, 6) is 0. The predicted molar refractivity (Wildman–Crippen MR) is 63.5 cm³/mol. The molecule has 0 unspecified atom stereocenters. The van der Waals surface area contributed by atoms with Crippen LogP contribution in [0, 0.1) is 0 Å². The molecule has 0 radical (unpaired) electrons. The van der Waals surface area contributed by atoms with Crippen molar-refractivity contribution in [3.8, 4) is 0 Å². The summed E-state index contributed by atoms with van der Waals surface area (Å²) in [6.45, 7) is 3.31. The first kappa shape index (κ1) is 11.6. The van der Waals surface area contributed by atoms with Crippen molar-refractivity contribution in [2.45, 2.75) is 24.1 Å². The van der Waals surface area contributed by atoms with E-state index in [4.69, 9.17) is 0 Å². The predicted octanol–water partition coefficient (Wildman–Crippen LogP) is 1.49. The maximum Gasteiger partial charge on any atom is 0.274 e. The molecule has 2 rings (SSSR count). The van der Waals surface area contributed by atoms with Crippen LogP contribution >= 0.6 is 11.3 Å². The van der Waals surface area contributed by atoms with Gasteiger partial charge in [-0.15, -0.1) is 11.3 Å². The van der Waals surface area contributed by atoms with Crippen LogP contribution in [0.1, 0.15) is 19.4 Å². The largest absolute Gasteiger partial charge is 0.390 e. The molecule has 0 amide bonds. The maximum atomic E-state index is 12.3. The molecule has 1 N–H and O–H groups in total. The van der Waals surface area contributed by atoms with E-state index in [1.165, 1.54) is 15.6 Å². The number of hydrogen-bond acceptors (Lipinski definition) is 4. The molecule has 0 bridgehead atoms. The molecular formula is C10H13NO3S2. The summed E-state index contributed by atoms with van der Waals surface area (Å²) in [5.41, 5.74) is 1.10. The van der Waals surface area contributed by atoms with Crippen molar-refractivity contribution in [1.29, 1.82) is 0 Å². The van der Waals surface area contributed by atoms with Gasteiger partial charge in [0.15, 0.2) is 0 Å². The molecule has 6 heteroatoms. The van der Waals surface area contributed by atoms with Crippen LogP contribution in [-0.4, -0.2) is 30.5 Å². The molecule has 0 aliphatic carbocycles. The average Bonchev–Trinajstić information content (AvgIpc) is 2.64. The van der Waals surface area contributed by atoms with Crippen molar-refractivity contribution in [2.75, 3.05) is 6.61 Å². The molecule has 16 heavy (non-hydrogen) atoms. The molecule has 0 spiro atoms. The minimum Gasteiger partial charge on any atom is -0.390 e. The number of sulfonamides is 1. The number of thiophene rings is 1. The number of hydrogen-bond donors (Lipinski definition) is 1. The summed E-state index contributed by atoms with van der Waals surface area (Å²) in [6.07, 6.45) is 1.73. The van der Waals surface area contributed by atoms with Crippen LogP contribution in [-0.2, 0) is 10.0 Å². The zero-order chi connectivity index (χ0) is 11.9. The van der Waals surface area contributed by atoms with Gasteiger partial charge in [-0.3, -0.25) is 4.31 Å². The number of nitrogens with zero attached hydrogens (tertiary/aromatic N) is 1. The molecule has 1 aromatic heterocycles. The average molecular weight is 259 g/mol. The first-order valence-corrected chi connectivity index (χ1v) is 7.24. The Kier molecular flexibility index (Phi) is 2.81. The lowest BCUT2D eigenvalue weighted by Crippen LogP contribution is -2.38. The molecule has 1 aromatic rings. The van der Waals surface area contributed by atoms with E-state index in [-0.39, 0.29) is 12.6 Å². The van der Waals surface area contributed by atoms with Crippen molar-refractivity contribution in [1.82, 2.24) is 4.31 Å². The van der Waals surface area contributed by atoms with Crippen LogP contribution in [0.25, 0.3) is 6.08 Å². The fraction of sp³-hybridized carbons (Fsp3) is 0.400. The smallest absolute Gasteiger partial charge is 0.274 e. The van der Waals surface area contributed by atoms with E-state index in [9.17, 15) is 13.5 Å². The van der Waals surface area contributed by atoms with Crippen LogP contribution in [0.2, 0.25) is 0 Å². The van der Waals surface area contributed by atoms with E-state index in [0.29, 0.717) is 15.5 Å². The van der Waals surface area contributed by atoms with Gasteiger partial charge in [-0.1, -0.05) is 0 Å². The zero-order valence-electron chi connectivity index (χ0n) is 9.04. The Morgan fingerprint density at radius 2 is 2.19 bits per heavy atom. The molecule has 0 saturated carbocycles. The van der Waals surface area contributed by atoms with E-state index >= 15 is 0 Å². The quantitative estimate of drug-likeness (QED) is 0.875. The third-order valence-electron chi connectivity index (χ3n) is 2.39. The van der Waals surface area contributed by atoms with E-state index in [1.54, 1.807) is 31.4 Å². The van der Waals surface area contributed by atoms with Gasteiger partial charge in [0.1, 0.15) is 4.21 Å². The summed E-state index contributed by atoms with van der Waals surface area (Å²) in [7, 11) is -3.48. The number of fused-ring (bicyclic) bond motifs is 1. The highest BCUT2D eigenvalue weighted by Crippen LogP contribution is 2.35. The summed E-state index contributed by atoms with van der Waals surface area (Å²) < 4.78 is 26.2. The summed E-state index contributed by atoms with van der Waals surface area (Å²) >= 11 is 1.21. The molecule has 1 aliphatic rings. The van der Waals surface area contributed by atoms with Gasteiger partial charge in [-0.05, 0) is 31.4 Å². The van der Waals surface area contributed by atoms with Crippen LogP contribution < -0.4 is 0 Å². The van der Waals surface area contributed by atoms with E-state index < -0.39 is 10.0 Å². The molecule has 0 saturated heterocycles. The van der Waals surface area contributed by atoms with Gasteiger partial charge in [-0.2, -0.15) is 0 Å². The Bertz CT molecular complexity index is 528. The van der Waals surface area contributed by atoms with Crippen molar-refractivity contribution in [2.24, 2.45) is 0 Å². The van der Waals surface area contributed by atoms with Gasteiger partial charge < -0.3 is 5.11 Å². The highest BCUT2D eigenvalue weighted by Gasteiger charge is 2.34. The molecule has 1 aliphatic heterocycles. The second-order valence-electron chi connectivity index (χ2n) is 3.85. The van der Waals surface area contributed by atoms with Gasteiger partial charge in [0.05, 0.1) is 12.3 Å². The van der Waals surface area contributed by atoms with Crippen LogP contribution in [0.4, 0.5) is 0 Å². The van der Waals surface area contributed by atoms with Crippen LogP contribution in [0.3, 0.4) is 0 Å². The molecule has 0 aromatic carbocycles. The molecule has 0 fully saturated rings. The lowest BCUT2D eigenvalue weighted by molar-refractivity contribution is 0.284. The Hall–Kier alpha value is -0.850. The van der Waals surface area contributed by atoms with E-state index in [0.717, 1.165) is 0 Å². The standard InChI is InChI=1S/C10H13NO3S2/c1-7(2)11-9(6-12)5-8-3-4-15-10(8)16(11,13)14/h3-5,7,12H,6H2,1-2H3. The Balaban J connectivity index is 2.67. The fourth-order valence-corrected chi connectivity index (χ4v) is 4.91. The molecule has 4 nitrogen and oxygen atoms in total. The van der Waals surface area contributed by atoms with Gasteiger partial charge in [0, 0.05) is 11.6 Å². The maximum absolute atomic E-state index is 12.3. The lowest BCUT2D eigenvalue weighted by Gasteiger charge is -2.32. The SMILES string of the molecule is CC(C)N1C(CO)=Cc2ccsc2S1(=O)=O. The highest BCUT2D eigenvalue weighted by molar-refractivity contribution is 7.91. The van der Waals surface area contributed by atoms with Crippen molar-refractivity contribution < 1.29 is 13.5 Å². The van der Waals surface area contributed by atoms with Crippen molar-refractivity contribution >= 4 is 27.4 Å².